The molecule has 2 amide bonds. The monoisotopic (exact) mass is 281 g/mol. The number of nitriles is 1. The van der Waals surface area contributed by atoms with E-state index in [0.717, 1.165) is 5.69 Å². The molecule has 0 aliphatic rings. The van der Waals surface area contributed by atoms with E-state index in [2.05, 4.69) is 5.32 Å². The fourth-order valence-electron chi connectivity index (χ4n) is 1.84. The van der Waals surface area contributed by atoms with Gasteiger partial charge in [-0.1, -0.05) is 18.2 Å². The lowest BCUT2D eigenvalue weighted by Crippen LogP contribution is -2.31. The Morgan fingerprint density at radius 2 is 1.95 bits per heavy atom. The first-order valence-corrected chi connectivity index (χ1v) is 6.33. The Morgan fingerprint density at radius 1 is 1.24 bits per heavy atom. The van der Waals surface area contributed by atoms with E-state index < -0.39 is 0 Å². The molecule has 21 heavy (non-hydrogen) atoms. The molecule has 0 aliphatic carbocycles. The van der Waals surface area contributed by atoms with Crippen molar-refractivity contribution in [3.8, 4) is 11.8 Å². The van der Waals surface area contributed by atoms with Gasteiger partial charge in [0.2, 0.25) is 0 Å². The molecule has 1 N–H and O–H groups in total. The van der Waals surface area contributed by atoms with Gasteiger partial charge in [0.1, 0.15) is 5.75 Å². The van der Waals surface area contributed by atoms with Gasteiger partial charge in [0, 0.05) is 12.7 Å². The number of nitrogens with zero attached hydrogens (tertiary/aromatic N) is 2. The number of para-hydroxylation sites is 1. The van der Waals surface area contributed by atoms with Crippen molar-refractivity contribution in [2.45, 2.75) is 0 Å². The predicted molar refractivity (Wildman–Crippen MR) is 81.6 cm³/mol. The van der Waals surface area contributed by atoms with Crippen molar-refractivity contribution in [1.82, 2.24) is 0 Å². The Hall–Kier alpha value is -3.00. The van der Waals surface area contributed by atoms with Gasteiger partial charge in [-0.25, -0.2) is 4.79 Å². The number of rotatable bonds is 3. The molecule has 0 aliphatic heterocycles. The molecule has 0 radical (unpaired) electrons. The summed E-state index contributed by atoms with van der Waals surface area (Å²) in [4.78, 5) is 13.7. The first-order valence-electron chi connectivity index (χ1n) is 6.33. The molecule has 0 saturated carbocycles. The average Bonchev–Trinajstić information content (AvgIpc) is 2.54. The molecule has 5 heteroatoms. The highest BCUT2D eigenvalue weighted by atomic mass is 16.5. The largest absolute Gasteiger partial charge is 0.495 e. The van der Waals surface area contributed by atoms with E-state index >= 15 is 0 Å². The van der Waals surface area contributed by atoms with Gasteiger partial charge in [-0.3, -0.25) is 4.90 Å². The zero-order chi connectivity index (χ0) is 15.2. The average molecular weight is 281 g/mol. The van der Waals surface area contributed by atoms with E-state index in [0.29, 0.717) is 17.0 Å². The second-order valence-corrected chi connectivity index (χ2v) is 4.35. The van der Waals surface area contributed by atoms with E-state index in [1.54, 1.807) is 25.2 Å². The van der Waals surface area contributed by atoms with Gasteiger partial charge in [0.05, 0.1) is 24.4 Å². The molecule has 0 unspecified atom stereocenters. The number of benzene rings is 2. The smallest absolute Gasteiger partial charge is 0.326 e. The van der Waals surface area contributed by atoms with Crippen LogP contribution in [0.1, 0.15) is 5.56 Å². The van der Waals surface area contributed by atoms with Crippen LogP contribution >= 0.6 is 0 Å². The summed E-state index contributed by atoms with van der Waals surface area (Å²) < 4.78 is 5.19. The minimum Gasteiger partial charge on any atom is -0.495 e. The molecule has 0 saturated heterocycles. The van der Waals surface area contributed by atoms with Gasteiger partial charge in [0.15, 0.2) is 0 Å². The molecule has 2 aromatic rings. The maximum absolute atomic E-state index is 12.3. The Kier molecular flexibility index (Phi) is 4.42. The minimum atomic E-state index is -0.311. The maximum atomic E-state index is 12.3. The highest BCUT2D eigenvalue weighted by Gasteiger charge is 2.13. The maximum Gasteiger partial charge on any atom is 0.326 e. The Balaban J connectivity index is 2.21. The highest BCUT2D eigenvalue weighted by molar-refractivity contribution is 6.02. The molecule has 0 fully saturated rings. The number of hydrogen-bond acceptors (Lipinski definition) is 3. The lowest BCUT2D eigenvalue weighted by atomic mass is 10.2. The lowest BCUT2D eigenvalue weighted by molar-refractivity contribution is 0.258. The van der Waals surface area contributed by atoms with Gasteiger partial charge >= 0.3 is 6.03 Å². The lowest BCUT2D eigenvalue weighted by Gasteiger charge is -2.19. The van der Waals surface area contributed by atoms with Crippen LogP contribution in [-0.2, 0) is 0 Å². The minimum absolute atomic E-state index is 0.311. The van der Waals surface area contributed by atoms with Crippen molar-refractivity contribution < 1.29 is 9.53 Å². The number of carbonyl (C=O) groups is 1. The van der Waals surface area contributed by atoms with Crippen molar-refractivity contribution in [1.29, 1.82) is 5.26 Å². The molecule has 0 spiro atoms. The van der Waals surface area contributed by atoms with Gasteiger partial charge in [-0.15, -0.1) is 0 Å². The third-order valence-electron chi connectivity index (χ3n) is 3.02. The van der Waals surface area contributed by atoms with E-state index in [1.807, 2.05) is 36.4 Å². The molecule has 2 rings (SSSR count). The number of methoxy groups -OCH3 is 1. The van der Waals surface area contributed by atoms with Crippen molar-refractivity contribution in [3.63, 3.8) is 0 Å². The zero-order valence-electron chi connectivity index (χ0n) is 11.8. The predicted octanol–water partition coefficient (Wildman–Crippen LogP) is 3.24. The van der Waals surface area contributed by atoms with Gasteiger partial charge in [-0.05, 0) is 30.3 Å². The van der Waals surface area contributed by atoms with Crippen LogP contribution in [0.15, 0.2) is 48.5 Å². The number of ether oxygens (including phenoxy) is 1. The third kappa shape index (κ3) is 3.31. The van der Waals surface area contributed by atoms with Crippen LogP contribution in [0.5, 0.6) is 5.75 Å². The summed E-state index contributed by atoms with van der Waals surface area (Å²) >= 11 is 0. The van der Waals surface area contributed by atoms with E-state index in [-0.39, 0.29) is 6.03 Å². The van der Waals surface area contributed by atoms with E-state index in [1.165, 1.54) is 12.0 Å². The summed E-state index contributed by atoms with van der Waals surface area (Å²) in [5.74, 6) is 0.504. The Bertz CT molecular complexity index is 678. The standard InChI is InChI=1S/C16H15N3O2/c1-19(13-6-4-3-5-7-13)16(20)18-14-10-12(11-17)8-9-15(14)21-2/h3-10H,1-2H3,(H,18,20). The van der Waals surface area contributed by atoms with Crippen molar-refractivity contribution in [3.05, 3.63) is 54.1 Å². The number of nitrogens with one attached hydrogen (secondary N) is 1. The van der Waals surface area contributed by atoms with Crippen molar-refractivity contribution in [2.75, 3.05) is 24.4 Å². The number of amides is 2. The fraction of sp³-hybridized carbons (Fsp3) is 0.125. The number of hydrogen-bond donors (Lipinski definition) is 1. The summed E-state index contributed by atoms with van der Waals surface area (Å²) in [7, 11) is 3.18. The second-order valence-electron chi connectivity index (χ2n) is 4.35. The van der Waals surface area contributed by atoms with Gasteiger partial charge in [0.25, 0.3) is 0 Å². The number of anilines is 2. The normalized spacial score (nSPS) is 9.57. The summed E-state index contributed by atoms with van der Waals surface area (Å²) in [5.41, 5.74) is 1.68. The number of urea groups is 1. The molecule has 5 nitrogen and oxygen atoms in total. The molecule has 0 heterocycles. The number of carbonyl (C=O) groups excluding carboxylic acids is 1. The highest BCUT2D eigenvalue weighted by Crippen LogP contribution is 2.26. The third-order valence-corrected chi connectivity index (χ3v) is 3.02. The first kappa shape index (κ1) is 14.4. The molecular weight excluding hydrogens is 266 g/mol. The van der Waals surface area contributed by atoms with Crippen LogP contribution in [0.2, 0.25) is 0 Å². The van der Waals surface area contributed by atoms with E-state index in [9.17, 15) is 4.79 Å². The van der Waals surface area contributed by atoms with Crippen LogP contribution in [0.4, 0.5) is 16.2 Å². The van der Waals surface area contributed by atoms with Crippen LogP contribution in [0, 0.1) is 11.3 Å². The van der Waals surface area contributed by atoms with Gasteiger partial charge in [-0.2, -0.15) is 5.26 Å². The topological polar surface area (TPSA) is 65.4 Å². The molecule has 0 bridgehead atoms. The summed E-state index contributed by atoms with van der Waals surface area (Å²) in [5, 5.41) is 11.7. The van der Waals surface area contributed by atoms with E-state index in [4.69, 9.17) is 10.00 Å². The zero-order valence-corrected chi connectivity index (χ0v) is 11.8. The molecule has 106 valence electrons. The van der Waals surface area contributed by atoms with Crippen molar-refractivity contribution >= 4 is 17.4 Å². The van der Waals surface area contributed by atoms with Crippen LogP contribution in [0.3, 0.4) is 0 Å². The van der Waals surface area contributed by atoms with Gasteiger partial charge < -0.3 is 10.1 Å². The van der Waals surface area contributed by atoms with Crippen LogP contribution in [0.25, 0.3) is 0 Å². The molecule has 0 aromatic heterocycles. The molecule has 2 aromatic carbocycles. The fourth-order valence-corrected chi connectivity index (χ4v) is 1.84. The molecular formula is C16H15N3O2. The summed E-state index contributed by atoms with van der Waals surface area (Å²) in [6.07, 6.45) is 0. The first-order chi connectivity index (χ1) is 10.2. The SMILES string of the molecule is COc1ccc(C#N)cc1NC(=O)N(C)c1ccccc1. The van der Waals surface area contributed by atoms with Crippen molar-refractivity contribution in [2.24, 2.45) is 0 Å². The molecule has 0 atom stereocenters. The van der Waals surface area contributed by atoms with Crippen LogP contribution in [-0.4, -0.2) is 20.2 Å². The summed E-state index contributed by atoms with van der Waals surface area (Å²) in [6.45, 7) is 0. The quantitative estimate of drug-likeness (QED) is 0.939. The van der Waals surface area contributed by atoms with Crippen LogP contribution < -0.4 is 15.0 Å². The summed E-state index contributed by atoms with van der Waals surface area (Å²) in [6, 6.07) is 15.9. The second kappa shape index (κ2) is 6.44. The Morgan fingerprint density at radius 3 is 2.57 bits per heavy atom. The Labute approximate surface area is 123 Å².